The van der Waals surface area contributed by atoms with E-state index in [1.807, 2.05) is 0 Å². The van der Waals surface area contributed by atoms with Crippen molar-refractivity contribution in [1.29, 1.82) is 0 Å². The average molecular weight is 236 g/mol. The van der Waals surface area contributed by atoms with Crippen molar-refractivity contribution in [2.24, 2.45) is 0 Å². The number of nitrogens with zero attached hydrogens (tertiary/aromatic N) is 2. The largest absolute Gasteiger partial charge is 0.472 e. The van der Waals surface area contributed by atoms with Crippen molar-refractivity contribution in [2.45, 2.75) is 12.5 Å². The molecule has 2 heterocycles. The Bertz CT molecular complexity index is 292. The van der Waals surface area contributed by atoms with Crippen LogP contribution in [0, 0.1) is 0 Å². The summed E-state index contributed by atoms with van der Waals surface area (Å²) in [6.07, 6.45) is 4.27. The smallest absolute Gasteiger partial charge is 0.234 e. The molecule has 0 aliphatic carbocycles. The highest BCUT2D eigenvalue weighted by Gasteiger charge is 2.16. The van der Waals surface area contributed by atoms with E-state index in [4.69, 9.17) is 16.3 Å². The van der Waals surface area contributed by atoms with Crippen molar-refractivity contribution in [1.82, 2.24) is 15.3 Å². The third-order valence-corrected chi connectivity index (χ3v) is 2.07. The van der Waals surface area contributed by atoms with Gasteiger partial charge in [-0.2, -0.15) is 4.98 Å². The van der Waals surface area contributed by atoms with Gasteiger partial charge in [0.25, 0.3) is 0 Å². The Kier molecular flexibility index (Phi) is 4.38. The summed E-state index contributed by atoms with van der Waals surface area (Å²) in [7, 11) is 0. The first kappa shape index (κ1) is 11.5. The summed E-state index contributed by atoms with van der Waals surface area (Å²) in [5.41, 5.74) is 0. The highest BCUT2D eigenvalue weighted by molar-refractivity contribution is 6.29. The fraction of sp³-hybridized carbons (Fsp3) is 0.500. The van der Waals surface area contributed by atoms with Crippen LogP contribution in [0.1, 0.15) is 6.42 Å². The van der Waals surface area contributed by atoms with Crippen LogP contribution in [0.3, 0.4) is 0 Å². The maximum Gasteiger partial charge on any atom is 0.234 e. The van der Waals surface area contributed by atoms with Crippen LogP contribution < -0.4 is 10.1 Å². The second kappa shape index (κ2) is 5.34. The van der Waals surface area contributed by atoms with Crippen LogP contribution in [-0.4, -0.2) is 29.2 Å². The quantitative estimate of drug-likeness (QED) is 0.840. The lowest BCUT2D eigenvalue weighted by Gasteiger charge is -2.10. The lowest BCUT2D eigenvalue weighted by Crippen LogP contribution is -2.20. The molecule has 0 spiro atoms. The van der Waals surface area contributed by atoms with Crippen LogP contribution in [0.25, 0.3) is 0 Å². The highest BCUT2D eigenvalue weighted by Crippen LogP contribution is 2.13. The summed E-state index contributed by atoms with van der Waals surface area (Å²) in [5, 5.41) is 3.57. The minimum atomic E-state index is 0. The first-order chi connectivity index (χ1) is 6.34. The molecule has 0 aromatic carbocycles. The van der Waals surface area contributed by atoms with Gasteiger partial charge in [-0.15, -0.1) is 12.4 Å². The van der Waals surface area contributed by atoms with E-state index in [0.717, 1.165) is 19.5 Å². The van der Waals surface area contributed by atoms with E-state index >= 15 is 0 Å². The molecule has 1 aliphatic heterocycles. The summed E-state index contributed by atoms with van der Waals surface area (Å²) in [5.74, 6) is 0.501. The van der Waals surface area contributed by atoms with Crippen LogP contribution >= 0.6 is 24.0 Å². The van der Waals surface area contributed by atoms with Gasteiger partial charge >= 0.3 is 0 Å². The summed E-state index contributed by atoms with van der Waals surface area (Å²) in [4.78, 5) is 7.88. The molecular weight excluding hydrogens is 225 g/mol. The molecule has 1 fully saturated rings. The number of rotatable bonds is 2. The summed E-state index contributed by atoms with van der Waals surface area (Å²) in [6.45, 7) is 1.87. The van der Waals surface area contributed by atoms with Gasteiger partial charge in [0, 0.05) is 6.54 Å². The standard InChI is InChI=1S/C8H10ClN3O.ClH/c9-7-4-11-5-8(12-7)13-6-1-2-10-3-6;/h4-6,10H,1-3H2;1H. The highest BCUT2D eigenvalue weighted by atomic mass is 35.5. The molecule has 1 aliphatic rings. The van der Waals surface area contributed by atoms with Crippen molar-refractivity contribution in [2.75, 3.05) is 13.1 Å². The van der Waals surface area contributed by atoms with E-state index in [2.05, 4.69) is 15.3 Å². The zero-order chi connectivity index (χ0) is 9.10. The Hall–Kier alpha value is -0.580. The molecule has 1 unspecified atom stereocenters. The van der Waals surface area contributed by atoms with Crippen molar-refractivity contribution in [3.8, 4) is 5.88 Å². The molecule has 78 valence electrons. The molecule has 1 N–H and O–H groups in total. The van der Waals surface area contributed by atoms with E-state index in [1.54, 1.807) is 6.20 Å². The fourth-order valence-electron chi connectivity index (χ4n) is 1.28. The van der Waals surface area contributed by atoms with Gasteiger partial charge in [-0.25, -0.2) is 0 Å². The maximum atomic E-state index is 5.66. The number of aromatic nitrogens is 2. The summed E-state index contributed by atoms with van der Waals surface area (Å²) >= 11 is 5.66. The SMILES string of the molecule is Cl.Clc1cncc(OC2CCNC2)n1. The molecule has 1 atom stereocenters. The molecular formula is C8H11Cl2N3O. The van der Waals surface area contributed by atoms with Crippen LogP contribution in [0.15, 0.2) is 12.4 Å². The molecule has 0 saturated carbocycles. The first-order valence-electron chi connectivity index (χ1n) is 4.19. The monoisotopic (exact) mass is 235 g/mol. The molecule has 2 rings (SSSR count). The minimum absolute atomic E-state index is 0. The van der Waals surface area contributed by atoms with Crippen molar-refractivity contribution in [3.05, 3.63) is 17.5 Å². The number of hydrogen-bond acceptors (Lipinski definition) is 4. The average Bonchev–Trinajstić information content (AvgIpc) is 2.57. The molecule has 14 heavy (non-hydrogen) atoms. The van der Waals surface area contributed by atoms with Crippen LogP contribution in [-0.2, 0) is 0 Å². The molecule has 1 aromatic rings. The minimum Gasteiger partial charge on any atom is -0.472 e. The van der Waals surface area contributed by atoms with Gasteiger partial charge < -0.3 is 10.1 Å². The maximum absolute atomic E-state index is 5.66. The molecule has 0 bridgehead atoms. The van der Waals surface area contributed by atoms with Gasteiger partial charge in [0.1, 0.15) is 6.10 Å². The van der Waals surface area contributed by atoms with E-state index in [-0.39, 0.29) is 18.5 Å². The Morgan fingerprint density at radius 3 is 3.00 bits per heavy atom. The van der Waals surface area contributed by atoms with E-state index < -0.39 is 0 Å². The Labute approximate surface area is 93.4 Å². The van der Waals surface area contributed by atoms with Gasteiger partial charge in [0.2, 0.25) is 5.88 Å². The fourth-order valence-corrected chi connectivity index (χ4v) is 1.42. The van der Waals surface area contributed by atoms with Crippen LogP contribution in [0.4, 0.5) is 0 Å². The number of hydrogen-bond donors (Lipinski definition) is 1. The molecule has 0 radical (unpaired) electrons. The summed E-state index contributed by atoms with van der Waals surface area (Å²) < 4.78 is 5.54. The number of halogens is 2. The van der Waals surface area contributed by atoms with Crippen molar-refractivity contribution in [3.63, 3.8) is 0 Å². The zero-order valence-electron chi connectivity index (χ0n) is 7.44. The Morgan fingerprint density at radius 2 is 2.36 bits per heavy atom. The topological polar surface area (TPSA) is 47.0 Å². The normalized spacial score (nSPS) is 20.2. The van der Waals surface area contributed by atoms with E-state index in [1.165, 1.54) is 6.20 Å². The van der Waals surface area contributed by atoms with Crippen LogP contribution in [0.5, 0.6) is 5.88 Å². The van der Waals surface area contributed by atoms with Gasteiger partial charge in [-0.05, 0) is 13.0 Å². The third-order valence-electron chi connectivity index (χ3n) is 1.89. The molecule has 1 aromatic heterocycles. The van der Waals surface area contributed by atoms with Gasteiger partial charge in [-0.3, -0.25) is 4.98 Å². The second-order valence-corrected chi connectivity index (χ2v) is 3.30. The lowest BCUT2D eigenvalue weighted by atomic mass is 10.3. The summed E-state index contributed by atoms with van der Waals surface area (Å²) in [6, 6.07) is 0. The molecule has 4 nitrogen and oxygen atoms in total. The Balaban J connectivity index is 0.000000980. The van der Waals surface area contributed by atoms with Crippen LogP contribution in [0.2, 0.25) is 5.15 Å². The lowest BCUT2D eigenvalue weighted by molar-refractivity contribution is 0.213. The molecule has 0 amide bonds. The Morgan fingerprint density at radius 1 is 1.50 bits per heavy atom. The predicted octanol–water partition coefficient (Wildman–Crippen LogP) is 1.29. The van der Waals surface area contributed by atoms with E-state index in [9.17, 15) is 0 Å². The van der Waals surface area contributed by atoms with Gasteiger partial charge in [0.05, 0.1) is 12.4 Å². The van der Waals surface area contributed by atoms with Gasteiger partial charge in [-0.1, -0.05) is 11.6 Å². The van der Waals surface area contributed by atoms with E-state index in [0.29, 0.717) is 11.0 Å². The van der Waals surface area contributed by atoms with Gasteiger partial charge in [0.15, 0.2) is 5.15 Å². The zero-order valence-corrected chi connectivity index (χ0v) is 9.01. The number of ether oxygens (including phenoxy) is 1. The molecule has 1 saturated heterocycles. The van der Waals surface area contributed by atoms with Crippen molar-refractivity contribution < 1.29 is 4.74 Å². The number of nitrogens with one attached hydrogen (secondary N) is 1. The van der Waals surface area contributed by atoms with Crippen molar-refractivity contribution >= 4 is 24.0 Å². The first-order valence-corrected chi connectivity index (χ1v) is 4.57. The predicted molar refractivity (Wildman–Crippen MR) is 56.2 cm³/mol. The third kappa shape index (κ3) is 2.97. The molecule has 6 heteroatoms. The second-order valence-electron chi connectivity index (χ2n) is 2.91.